The van der Waals surface area contributed by atoms with Gasteiger partial charge in [-0.15, -0.1) is 0 Å². The van der Waals surface area contributed by atoms with Gasteiger partial charge in [0.25, 0.3) is 0 Å². The highest BCUT2D eigenvalue weighted by molar-refractivity contribution is 5.38. The van der Waals surface area contributed by atoms with E-state index in [0.717, 1.165) is 25.3 Å². The molecule has 0 bridgehead atoms. The maximum atomic E-state index is 5.97. The van der Waals surface area contributed by atoms with Crippen LogP contribution >= 0.6 is 0 Å². The monoisotopic (exact) mass is 264 g/mol. The van der Waals surface area contributed by atoms with Crippen molar-refractivity contribution < 1.29 is 4.74 Å². The van der Waals surface area contributed by atoms with Gasteiger partial charge < -0.3 is 15.8 Å². The lowest BCUT2D eigenvalue weighted by Gasteiger charge is -2.19. The summed E-state index contributed by atoms with van der Waals surface area (Å²) in [7, 11) is 1.72. The van der Waals surface area contributed by atoms with Crippen LogP contribution in [0.3, 0.4) is 0 Å². The van der Waals surface area contributed by atoms with Gasteiger partial charge in [0.05, 0.1) is 7.11 Å². The number of hydrogen-bond donors (Lipinski definition) is 2. The van der Waals surface area contributed by atoms with Crippen molar-refractivity contribution in [2.45, 2.75) is 52.1 Å². The summed E-state index contributed by atoms with van der Waals surface area (Å²) in [5, 5.41) is 3.44. The first-order chi connectivity index (χ1) is 8.83. The van der Waals surface area contributed by atoms with Crippen LogP contribution in [-0.4, -0.2) is 19.2 Å². The van der Waals surface area contributed by atoms with Gasteiger partial charge in [0.15, 0.2) is 0 Å². The maximum absolute atomic E-state index is 5.97. The molecule has 3 nitrogen and oxygen atoms in total. The van der Waals surface area contributed by atoms with Crippen molar-refractivity contribution in [3.05, 3.63) is 29.3 Å². The molecule has 3 heteroatoms. The molecule has 1 rings (SSSR count). The predicted molar refractivity (Wildman–Crippen MR) is 81.7 cm³/mol. The summed E-state index contributed by atoms with van der Waals surface area (Å²) in [6.45, 7) is 10.2. The van der Waals surface area contributed by atoms with Crippen LogP contribution in [0.25, 0.3) is 0 Å². The van der Waals surface area contributed by atoms with Gasteiger partial charge in [-0.25, -0.2) is 0 Å². The van der Waals surface area contributed by atoms with Gasteiger partial charge in [-0.05, 0) is 44.4 Å². The first kappa shape index (κ1) is 16.0. The Labute approximate surface area is 117 Å². The van der Waals surface area contributed by atoms with E-state index >= 15 is 0 Å². The molecule has 0 fully saturated rings. The molecular formula is C16H28N2O. The second-order valence-corrected chi connectivity index (χ2v) is 6.14. The third kappa shape index (κ3) is 5.62. The van der Waals surface area contributed by atoms with E-state index in [1.807, 2.05) is 0 Å². The normalized spacial score (nSPS) is 11.9. The van der Waals surface area contributed by atoms with E-state index in [9.17, 15) is 0 Å². The molecule has 0 heterocycles. The van der Waals surface area contributed by atoms with E-state index in [-0.39, 0.29) is 5.54 Å². The molecule has 1 aromatic carbocycles. The molecule has 0 atom stereocenters. The molecule has 19 heavy (non-hydrogen) atoms. The molecule has 0 unspecified atom stereocenters. The van der Waals surface area contributed by atoms with Crippen LogP contribution in [0.1, 0.15) is 51.2 Å². The van der Waals surface area contributed by atoms with Crippen LogP contribution in [0.15, 0.2) is 18.2 Å². The first-order valence-electron chi connectivity index (χ1n) is 7.00. The van der Waals surface area contributed by atoms with Gasteiger partial charge in [0.1, 0.15) is 5.75 Å². The second-order valence-electron chi connectivity index (χ2n) is 6.14. The van der Waals surface area contributed by atoms with Crippen molar-refractivity contribution in [3.8, 4) is 5.75 Å². The molecule has 108 valence electrons. The fourth-order valence-corrected chi connectivity index (χ4v) is 1.93. The number of methoxy groups -OCH3 is 1. The van der Waals surface area contributed by atoms with E-state index < -0.39 is 0 Å². The van der Waals surface area contributed by atoms with Crippen LogP contribution in [0.4, 0.5) is 0 Å². The Morgan fingerprint density at radius 2 is 2.00 bits per heavy atom. The fraction of sp³-hybridized carbons (Fsp3) is 0.625. The quantitative estimate of drug-likeness (QED) is 0.744. The molecule has 0 saturated carbocycles. The summed E-state index contributed by atoms with van der Waals surface area (Å²) < 4.78 is 5.41. The second kappa shape index (κ2) is 6.92. The Morgan fingerprint density at radius 3 is 2.53 bits per heavy atom. The summed E-state index contributed by atoms with van der Waals surface area (Å²) in [5.41, 5.74) is 8.41. The summed E-state index contributed by atoms with van der Waals surface area (Å²) in [5.74, 6) is 1.48. The molecule has 3 N–H and O–H groups in total. The van der Waals surface area contributed by atoms with E-state index in [4.69, 9.17) is 10.5 Å². The summed E-state index contributed by atoms with van der Waals surface area (Å²) in [6.07, 6.45) is 0.958. The Morgan fingerprint density at radius 1 is 1.32 bits per heavy atom. The number of hydrogen-bond acceptors (Lipinski definition) is 3. The summed E-state index contributed by atoms with van der Waals surface area (Å²) >= 11 is 0. The van der Waals surface area contributed by atoms with Crippen molar-refractivity contribution in [3.63, 3.8) is 0 Å². The molecule has 0 aliphatic rings. The lowest BCUT2D eigenvalue weighted by atomic mass is 10.00. The van der Waals surface area contributed by atoms with Crippen LogP contribution in [0.5, 0.6) is 5.75 Å². The van der Waals surface area contributed by atoms with Gasteiger partial charge in [-0.3, -0.25) is 0 Å². The molecule has 0 amide bonds. The molecule has 0 radical (unpaired) electrons. The molecule has 0 aromatic heterocycles. The predicted octanol–water partition coefficient (Wildman–Crippen LogP) is 3.04. The van der Waals surface area contributed by atoms with Crippen molar-refractivity contribution in [1.29, 1.82) is 0 Å². The van der Waals surface area contributed by atoms with E-state index in [0.29, 0.717) is 5.92 Å². The minimum Gasteiger partial charge on any atom is -0.496 e. The average Bonchev–Trinajstić information content (AvgIpc) is 2.33. The highest BCUT2D eigenvalue weighted by Gasteiger charge is 2.10. The Bertz CT molecular complexity index is 394. The fourth-order valence-electron chi connectivity index (χ4n) is 1.93. The van der Waals surface area contributed by atoms with Gasteiger partial charge >= 0.3 is 0 Å². The summed E-state index contributed by atoms with van der Waals surface area (Å²) in [4.78, 5) is 0. The third-order valence-electron chi connectivity index (χ3n) is 3.23. The van der Waals surface area contributed by atoms with Gasteiger partial charge in [0.2, 0.25) is 0 Å². The van der Waals surface area contributed by atoms with Crippen molar-refractivity contribution in [2.75, 3.05) is 13.7 Å². The molecule has 1 aromatic rings. The van der Waals surface area contributed by atoms with Gasteiger partial charge in [0, 0.05) is 17.6 Å². The first-order valence-corrected chi connectivity index (χ1v) is 7.00. The summed E-state index contributed by atoms with van der Waals surface area (Å²) in [6, 6.07) is 6.42. The standard InChI is InChI=1S/C16H28N2O/c1-12(2)13-6-7-15(19-5)14(10-13)11-18-9-8-16(3,4)17/h6-7,10,12,18H,8-9,11,17H2,1-5H3. The number of nitrogens with one attached hydrogen (secondary N) is 1. The van der Waals surface area contributed by atoms with Crippen molar-refractivity contribution in [2.24, 2.45) is 5.73 Å². The number of benzene rings is 1. The largest absolute Gasteiger partial charge is 0.496 e. The highest BCUT2D eigenvalue weighted by Crippen LogP contribution is 2.24. The maximum Gasteiger partial charge on any atom is 0.123 e. The zero-order valence-electron chi connectivity index (χ0n) is 12.9. The van der Waals surface area contributed by atoms with Gasteiger partial charge in [-0.1, -0.05) is 26.0 Å². The lowest BCUT2D eigenvalue weighted by molar-refractivity contribution is 0.405. The number of rotatable bonds is 7. The van der Waals surface area contributed by atoms with E-state index in [1.165, 1.54) is 11.1 Å². The minimum absolute atomic E-state index is 0.114. The topological polar surface area (TPSA) is 47.3 Å². The zero-order chi connectivity index (χ0) is 14.5. The Kier molecular flexibility index (Phi) is 5.83. The van der Waals surface area contributed by atoms with Crippen molar-refractivity contribution in [1.82, 2.24) is 5.32 Å². The van der Waals surface area contributed by atoms with Crippen molar-refractivity contribution >= 4 is 0 Å². The minimum atomic E-state index is -0.114. The van der Waals surface area contributed by atoms with Crippen LogP contribution in [0, 0.1) is 0 Å². The molecule has 0 aliphatic carbocycles. The lowest BCUT2D eigenvalue weighted by Crippen LogP contribution is -2.35. The number of nitrogens with two attached hydrogens (primary N) is 1. The zero-order valence-corrected chi connectivity index (χ0v) is 12.9. The van der Waals surface area contributed by atoms with Gasteiger partial charge in [-0.2, -0.15) is 0 Å². The van der Waals surface area contributed by atoms with Crippen LogP contribution < -0.4 is 15.8 Å². The Balaban J connectivity index is 2.62. The average molecular weight is 264 g/mol. The molecule has 0 spiro atoms. The van der Waals surface area contributed by atoms with E-state index in [2.05, 4.69) is 51.2 Å². The molecule has 0 saturated heterocycles. The third-order valence-corrected chi connectivity index (χ3v) is 3.23. The van der Waals surface area contributed by atoms with E-state index in [1.54, 1.807) is 7.11 Å². The SMILES string of the molecule is COc1ccc(C(C)C)cc1CNCCC(C)(C)N. The number of ether oxygens (including phenoxy) is 1. The van der Waals surface area contributed by atoms with Crippen LogP contribution in [-0.2, 0) is 6.54 Å². The smallest absolute Gasteiger partial charge is 0.123 e. The highest BCUT2D eigenvalue weighted by atomic mass is 16.5. The molecular weight excluding hydrogens is 236 g/mol. The Hall–Kier alpha value is -1.06. The molecule has 0 aliphatic heterocycles. The van der Waals surface area contributed by atoms with Crippen LogP contribution in [0.2, 0.25) is 0 Å².